The van der Waals surface area contributed by atoms with Crippen LogP contribution >= 0.6 is 0 Å². The van der Waals surface area contributed by atoms with Gasteiger partial charge in [-0.1, -0.05) is 0 Å². The largest absolute Gasteiger partial charge is 0.326 e. The van der Waals surface area contributed by atoms with Crippen molar-refractivity contribution >= 4 is 12.4 Å². The van der Waals surface area contributed by atoms with Crippen LogP contribution in [0.2, 0.25) is 0 Å². The highest BCUT2D eigenvalue weighted by molar-refractivity contribution is 5.55. The van der Waals surface area contributed by atoms with Gasteiger partial charge in [0.15, 0.2) is 0 Å². The van der Waals surface area contributed by atoms with Crippen molar-refractivity contribution < 1.29 is 9.59 Å². The maximum Gasteiger partial charge on any atom is 0.211 e. The minimum absolute atomic E-state index is 0.394. The maximum atomic E-state index is 9.24. The Hall–Kier alpha value is -1.08. The summed E-state index contributed by atoms with van der Waals surface area (Å²) < 4.78 is 0. The van der Waals surface area contributed by atoms with Gasteiger partial charge in [-0.25, -0.2) is 4.79 Å². The van der Waals surface area contributed by atoms with Gasteiger partial charge in [-0.2, -0.15) is 0 Å². The highest BCUT2D eigenvalue weighted by atomic mass is 16.1. The van der Waals surface area contributed by atoms with Gasteiger partial charge in [-0.3, -0.25) is 4.79 Å². The van der Waals surface area contributed by atoms with Gasteiger partial charge < -0.3 is 5.32 Å². The minimum atomic E-state index is 0.394. The van der Waals surface area contributed by atoms with Crippen molar-refractivity contribution in [3.63, 3.8) is 0 Å². The van der Waals surface area contributed by atoms with Gasteiger partial charge in [0, 0.05) is 0 Å². The second-order valence-corrected chi connectivity index (χ2v) is 0.547. The van der Waals surface area contributed by atoms with Crippen LogP contribution in [0.4, 0.5) is 0 Å². The fourth-order valence-electron chi connectivity index (χ4n) is 0.0680. The van der Waals surface area contributed by atoms with Crippen LogP contribution in [0, 0.1) is 0 Å². The van der Waals surface area contributed by atoms with Gasteiger partial charge in [0.25, 0.3) is 0 Å². The molecule has 0 aromatic carbocycles. The molecule has 0 saturated heterocycles. The Bertz CT molecular complexity index is 82.8. The van der Waals surface area contributed by atoms with E-state index < -0.39 is 0 Å². The number of carbonyl (C=O) groups is 1. The zero-order valence-electron chi connectivity index (χ0n) is 2.97. The molecule has 1 N–H and O–H groups in total. The number of carbonyl (C=O) groups excluding carboxylic acids is 2. The maximum absolute atomic E-state index is 9.24. The van der Waals surface area contributed by atoms with Crippen molar-refractivity contribution in [2.45, 2.75) is 0 Å². The third-order valence-corrected chi connectivity index (χ3v) is 0.210. The second-order valence-electron chi connectivity index (χ2n) is 0.547. The molecule has 0 aliphatic rings. The zero-order chi connectivity index (χ0) is 4.83. The summed E-state index contributed by atoms with van der Waals surface area (Å²) in [5, 5.41) is 1.97. The van der Waals surface area contributed by atoms with Crippen molar-refractivity contribution in [1.29, 1.82) is 0 Å². The fourth-order valence-corrected chi connectivity index (χ4v) is 0.0680. The van der Waals surface area contributed by atoms with Crippen LogP contribution < -0.4 is 5.32 Å². The number of amides is 1. The highest BCUT2D eigenvalue weighted by Gasteiger charge is 1.57. The number of nitrogens with one attached hydrogen (secondary N) is 1. The average molecular weight is 85.1 g/mol. The summed E-state index contributed by atoms with van der Waals surface area (Å²) in [6, 6.07) is 0. The molecule has 0 unspecified atom stereocenters. The van der Waals surface area contributed by atoms with E-state index in [1.54, 1.807) is 0 Å². The van der Waals surface area contributed by atoms with Crippen LogP contribution in [0.3, 0.4) is 0 Å². The zero-order valence-corrected chi connectivity index (χ0v) is 2.97. The molecule has 1 amide bonds. The Balaban J connectivity index is 3.07. The van der Waals surface area contributed by atoms with Crippen LogP contribution in [0.25, 0.3) is 0 Å². The SMILES string of the molecule is O=C=CNC=O. The number of hydrogen-bond acceptors (Lipinski definition) is 2. The molecule has 32 valence electrons. The highest BCUT2D eigenvalue weighted by Crippen LogP contribution is 1.34. The van der Waals surface area contributed by atoms with Crippen LogP contribution in [-0.2, 0) is 9.59 Å². The van der Waals surface area contributed by atoms with E-state index in [9.17, 15) is 4.79 Å². The monoisotopic (exact) mass is 85.0 g/mol. The smallest absolute Gasteiger partial charge is 0.211 e. The first-order valence-electron chi connectivity index (χ1n) is 1.31. The molecule has 0 heterocycles. The minimum Gasteiger partial charge on any atom is -0.326 e. The number of rotatable bonds is 2. The van der Waals surface area contributed by atoms with E-state index in [0.29, 0.717) is 6.41 Å². The van der Waals surface area contributed by atoms with Crippen molar-refractivity contribution in [2.75, 3.05) is 0 Å². The van der Waals surface area contributed by atoms with E-state index in [0.717, 1.165) is 6.20 Å². The molecule has 0 aliphatic heterocycles. The second kappa shape index (κ2) is 3.92. The molecule has 0 radical (unpaired) electrons. The van der Waals surface area contributed by atoms with Gasteiger partial charge >= 0.3 is 0 Å². The molecule has 0 bridgehead atoms. The van der Waals surface area contributed by atoms with Gasteiger partial charge in [0.05, 0.1) is 6.20 Å². The molecule has 3 heteroatoms. The summed E-state index contributed by atoms with van der Waals surface area (Å²) in [5.41, 5.74) is 0. The van der Waals surface area contributed by atoms with Gasteiger partial charge in [-0.15, -0.1) is 0 Å². The first-order chi connectivity index (χ1) is 2.91. The molecule has 0 atom stereocenters. The summed E-state index contributed by atoms with van der Waals surface area (Å²) in [5.74, 6) is 1.35. The van der Waals surface area contributed by atoms with Crippen molar-refractivity contribution in [3.05, 3.63) is 6.20 Å². The van der Waals surface area contributed by atoms with Crippen LogP contribution in [0.15, 0.2) is 6.20 Å². The van der Waals surface area contributed by atoms with Crippen molar-refractivity contribution in [3.8, 4) is 0 Å². The molecule has 0 saturated carbocycles. The van der Waals surface area contributed by atoms with E-state index in [2.05, 4.69) is 0 Å². The quantitative estimate of drug-likeness (QED) is 0.348. The lowest BCUT2D eigenvalue weighted by Crippen LogP contribution is -1.97. The predicted molar refractivity (Wildman–Crippen MR) is 19.5 cm³/mol. The van der Waals surface area contributed by atoms with Crippen LogP contribution in [0.1, 0.15) is 0 Å². The summed E-state index contributed by atoms with van der Waals surface area (Å²) in [4.78, 5) is 18.4. The molecule has 0 aliphatic carbocycles. The average Bonchev–Trinajstić information content (AvgIpc) is 1.61. The first-order valence-corrected chi connectivity index (χ1v) is 1.31. The summed E-state index contributed by atoms with van der Waals surface area (Å²) in [7, 11) is 0. The molecular weight excluding hydrogens is 82.0 g/mol. The Morgan fingerprint density at radius 3 is 2.50 bits per heavy atom. The first kappa shape index (κ1) is 4.92. The lowest BCUT2D eigenvalue weighted by Gasteiger charge is -1.68. The molecule has 0 fully saturated rings. The van der Waals surface area contributed by atoms with E-state index in [-0.39, 0.29) is 0 Å². The van der Waals surface area contributed by atoms with Crippen LogP contribution in [0.5, 0.6) is 0 Å². The molecule has 0 rings (SSSR count). The van der Waals surface area contributed by atoms with Crippen LogP contribution in [-0.4, -0.2) is 12.4 Å². The fraction of sp³-hybridized carbons (Fsp3) is 0. The van der Waals surface area contributed by atoms with Gasteiger partial charge in [0.2, 0.25) is 6.41 Å². The van der Waals surface area contributed by atoms with Crippen molar-refractivity contribution in [1.82, 2.24) is 5.32 Å². The summed E-state index contributed by atoms with van der Waals surface area (Å²) in [6.45, 7) is 0. The normalized spacial score (nSPS) is 5.33. The number of hydrogen-bond donors (Lipinski definition) is 1. The van der Waals surface area contributed by atoms with E-state index in [4.69, 9.17) is 4.79 Å². The Morgan fingerprint density at radius 2 is 2.33 bits per heavy atom. The topological polar surface area (TPSA) is 46.2 Å². The van der Waals surface area contributed by atoms with E-state index >= 15 is 0 Å². The Kier molecular flexibility index (Phi) is 3.21. The molecule has 6 heavy (non-hydrogen) atoms. The van der Waals surface area contributed by atoms with E-state index in [1.807, 2.05) is 5.32 Å². The molecule has 0 aromatic rings. The molecule has 0 spiro atoms. The molecule has 0 aromatic heterocycles. The van der Waals surface area contributed by atoms with Gasteiger partial charge in [0.1, 0.15) is 5.94 Å². The molecule has 3 nitrogen and oxygen atoms in total. The third-order valence-electron chi connectivity index (χ3n) is 0.210. The Morgan fingerprint density at radius 1 is 1.67 bits per heavy atom. The molecular formula is C3H3NO2. The lowest BCUT2D eigenvalue weighted by atomic mass is 11.0. The van der Waals surface area contributed by atoms with Gasteiger partial charge in [-0.05, 0) is 0 Å². The predicted octanol–water partition coefficient (Wildman–Crippen LogP) is -0.922. The summed E-state index contributed by atoms with van der Waals surface area (Å²) in [6.07, 6.45) is 1.28. The third kappa shape index (κ3) is 2.92. The van der Waals surface area contributed by atoms with E-state index in [1.165, 1.54) is 5.94 Å². The standard InChI is InChI=1S/C3H3NO2/c5-2-1-4-3-6/h1,3H,(H,4,6). The van der Waals surface area contributed by atoms with Crippen molar-refractivity contribution in [2.24, 2.45) is 0 Å². The summed E-state index contributed by atoms with van der Waals surface area (Å²) >= 11 is 0. The lowest BCUT2D eigenvalue weighted by molar-refractivity contribution is -0.108. The Labute approximate surface area is 34.7 Å².